The molecule has 0 spiro atoms. The Kier molecular flexibility index (Phi) is 2.57. The van der Waals surface area contributed by atoms with Gasteiger partial charge < -0.3 is 5.73 Å². The van der Waals surface area contributed by atoms with E-state index >= 15 is 0 Å². The van der Waals surface area contributed by atoms with Crippen molar-refractivity contribution in [2.45, 2.75) is 31.7 Å². The van der Waals surface area contributed by atoms with Crippen molar-refractivity contribution in [1.82, 2.24) is 0 Å². The van der Waals surface area contributed by atoms with Crippen LogP contribution in [0.15, 0.2) is 18.2 Å². The van der Waals surface area contributed by atoms with Gasteiger partial charge in [0, 0.05) is 10.6 Å². The molecule has 0 aliphatic heterocycles. The molecule has 80 valence electrons. The smallest absolute Gasteiger partial charge is 0.182 e. The molecule has 2 rings (SSSR count). The van der Waals surface area contributed by atoms with Gasteiger partial charge in [0.15, 0.2) is 5.78 Å². The van der Waals surface area contributed by atoms with E-state index in [4.69, 9.17) is 17.3 Å². The minimum atomic E-state index is -0.626. The second-order valence-electron chi connectivity index (χ2n) is 4.30. The number of nitrogens with two attached hydrogens (primary N) is 1. The quantitative estimate of drug-likeness (QED) is 0.784. The number of rotatable bonds is 2. The summed E-state index contributed by atoms with van der Waals surface area (Å²) in [5, 5.41) is 0.628. The van der Waals surface area contributed by atoms with Gasteiger partial charge in [-0.3, -0.25) is 4.79 Å². The van der Waals surface area contributed by atoms with Crippen LogP contribution in [0, 0.1) is 6.92 Å². The molecule has 1 aliphatic rings. The fourth-order valence-electron chi connectivity index (χ4n) is 1.81. The van der Waals surface area contributed by atoms with E-state index in [1.165, 1.54) is 0 Å². The van der Waals surface area contributed by atoms with E-state index in [1.807, 2.05) is 13.0 Å². The van der Waals surface area contributed by atoms with Crippen molar-refractivity contribution in [3.63, 3.8) is 0 Å². The van der Waals surface area contributed by atoms with E-state index < -0.39 is 5.54 Å². The van der Waals surface area contributed by atoms with Gasteiger partial charge in [0.1, 0.15) is 0 Å². The molecule has 1 saturated carbocycles. The first-order chi connectivity index (χ1) is 7.03. The van der Waals surface area contributed by atoms with Gasteiger partial charge in [0.2, 0.25) is 0 Å². The monoisotopic (exact) mass is 223 g/mol. The number of benzene rings is 1. The van der Waals surface area contributed by atoms with Crippen LogP contribution < -0.4 is 5.73 Å². The van der Waals surface area contributed by atoms with E-state index in [0.29, 0.717) is 10.6 Å². The zero-order valence-corrected chi connectivity index (χ0v) is 9.47. The molecule has 15 heavy (non-hydrogen) atoms. The van der Waals surface area contributed by atoms with E-state index in [1.54, 1.807) is 12.1 Å². The first-order valence-electron chi connectivity index (χ1n) is 5.13. The first kappa shape index (κ1) is 10.7. The van der Waals surface area contributed by atoms with E-state index in [0.717, 1.165) is 24.8 Å². The topological polar surface area (TPSA) is 43.1 Å². The summed E-state index contributed by atoms with van der Waals surface area (Å²) >= 11 is 5.98. The van der Waals surface area contributed by atoms with Gasteiger partial charge in [-0.2, -0.15) is 0 Å². The Morgan fingerprint density at radius 2 is 2.13 bits per heavy atom. The lowest BCUT2D eigenvalue weighted by atomic mass is 9.73. The molecule has 3 heteroatoms. The van der Waals surface area contributed by atoms with E-state index in [2.05, 4.69) is 0 Å². The summed E-state index contributed by atoms with van der Waals surface area (Å²) in [6.45, 7) is 1.91. The first-order valence-corrected chi connectivity index (χ1v) is 5.50. The summed E-state index contributed by atoms with van der Waals surface area (Å²) < 4.78 is 0. The average molecular weight is 224 g/mol. The molecule has 2 nitrogen and oxygen atoms in total. The maximum atomic E-state index is 12.0. The van der Waals surface area contributed by atoms with Crippen LogP contribution in [0.3, 0.4) is 0 Å². The van der Waals surface area contributed by atoms with Gasteiger partial charge in [-0.15, -0.1) is 0 Å². The lowest BCUT2D eigenvalue weighted by Crippen LogP contribution is -2.53. The molecule has 0 unspecified atom stereocenters. The van der Waals surface area contributed by atoms with Gasteiger partial charge in [-0.05, 0) is 37.8 Å². The highest BCUT2D eigenvalue weighted by molar-refractivity contribution is 6.31. The number of aryl methyl sites for hydroxylation is 1. The molecular formula is C12H14ClNO. The Morgan fingerprint density at radius 1 is 1.47 bits per heavy atom. The van der Waals surface area contributed by atoms with Crippen molar-refractivity contribution in [2.24, 2.45) is 5.73 Å². The Balaban J connectivity index is 2.30. The van der Waals surface area contributed by atoms with E-state index in [-0.39, 0.29) is 5.78 Å². The minimum absolute atomic E-state index is 0.0238. The van der Waals surface area contributed by atoms with Crippen molar-refractivity contribution >= 4 is 17.4 Å². The largest absolute Gasteiger partial charge is 0.319 e. The normalized spacial score (nSPS) is 18.3. The molecule has 0 bridgehead atoms. The standard InChI is InChI=1S/C12H14ClNO/c1-8-3-4-9(7-10(8)13)11(15)12(14)5-2-6-12/h3-4,7H,2,5-6,14H2,1H3. The molecule has 2 N–H and O–H groups in total. The Morgan fingerprint density at radius 3 is 2.60 bits per heavy atom. The van der Waals surface area contributed by atoms with Crippen LogP contribution in [0.1, 0.15) is 35.2 Å². The minimum Gasteiger partial charge on any atom is -0.319 e. The number of hydrogen-bond acceptors (Lipinski definition) is 2. The summed E-state index contributed by atoms with van der Waals surface area (Å²) in [7, 11) is 0. The molecule has 1 fully saturated rings. The fourth-order valence-corrected chi connectivity index (χ4v) is 1.99. The number of Topliss-reactive ketones (excluding diaryl/α,β-unsaturated/α-hetero) is 1. The Labute approximate surface area is 94.4 Å². The van der Waals surface area contributed by atoms with Crippen LogP contribution in [-0.4, -0.2) is 11.3 Å². The van der Waals surface area contributed by atoms with Crippen molar-refractivity contribution in [3.8, 4) is 0 Å². The molecule has 1 aromatic rings. The summed E-state index contributed by atoms with van der Waals surface area (Å²) in [5.41, 5.74) is 6.96. The molecule has 0 radical (unpaired) electrons. The third kappa shape index (κ3) is 1.80. The molecule has 0 saturated heterocycles. The van der Waals surface area contributed by atoms with Crippen molar-refractivity contribution < 1.29 is 4.79 Å². The van der Waals surface area contributed by atoms with E-state index in [9.17, 15) is 4.79 Å². The molecule has 0 aromatic heterocycles. The number of carbonyl (C=O) groups excluding carboxylic acids is 1. The molecule has 0 heterocycles. The number of hydrogen-bond donors (Lipinski definition) is 1. The second kappa shape index (κ2) is 3.62. The Hall–Kier alpha value is -0.860. The third-order valence-corrected chi connectivity index (χ3v) is 3.54. The van der Waals surface area contributed by atoms with Gasteiger partial charge in [0.05, 0.1) is 5.54 Å². The molecular weight excluding hydrogens is 210 g/mol. The highest BCUT2D eigenvalue weighted by atomic mass is 35.5. The summed E-state index contributed by atoms with van der Waals surface area (Å²) in [5.74, 6) is 0.0238. The highest BCUT2D eigenvalue weighted by Crippen LogP contribution is 2.33. The van der Waals surface area contributed by atoms with Crippen LogP contribution in [0.2, 0.25) is 5.02 Å². The average Bonchev–Trinajstić information content (AvgIpc) is 2.17. The predicted octanol–water partition coefficient (Wildman–Crippen LogP) is 2.71. The zero-order valence-electron chi connectivity index (χ0n) is 8.72. The zero-order chi connectivity index (χ0) is 11.1. The number of ketones is 1. The lowest BCUT2D eigenvalue weighted by Gasteiger charge is -2.36. The number of carbonyl (C=O) groups is 1. The maximum Gasteiger partial charge on any atom is 0.182 e. The molecule has 0 atom stereocenters. The Bertz CT molecular complexity index is 410. The SMILES string of the molecule is Cc1ccc(C(=O)C2(N)CCC2)cc1Cl. The van der Waals surface area contributed by atoms with Crippen LogP contribution in [0.25, 0.3) is 0 Å². The van der Waals surface area contributed by atoms with Crippen LogP contribution in [0.4, 0.5) is 0 Å². The maximum absolute atomic E-state index is 12.0. The van der Waals surface area contributed by atoms with Gasteiger partial charge in [0.25, 0.3) is 0 Å². The fraction of sp³-hybridized carbons (Fsp3) is 0.417. The third-order valence-electron chi connectivity index (χ3n) is 3.13. The van der Waals surface area contributed by atoms with Crippen LogP contribution in [-0.2, 0) is 0 Å². The van der Waals surface area contributed by atoms with Gasteiger partial charge >= 0.3 is 0 Å². The molecule has 1 aromatic carbocycles. The van der Waals surface area contributed by atoms with Gasteiger partial charge in [-0.25, -0.2) is 0 Å². The molecule has 0 amide bonds. The van der Waals surface area contributed by atoms with Crippen molar-refractivity contribution in [1.29, 1.82) is 0 Å². The summed E-state index contributed by atoms with van der Waals surface area (Å²) in [6.07, 6.45) is 2.62. The van der Waals surface area contributed by atoms with Crippen LogP contribution >= 0.6 is 11.6 Å². The second-order valence-corrected chi connectivity index (χ2v) is 4.71. The van der Waals surface area contributed by atoms with Crippen LogP contribution in [0.5, 0.6) is 0 Å². The van der Waals surface area contributed by atoms with Crippen molar-refractivity contribution in [3.05, 3.63) is 34.3 Å². The van der Waals surface area contributed by atoms with Crippen molar-refractivity contribution in [2.75, 3.05) is 0 Å². The number of halogens is 1. The predicted molar refractivity (Wildman–Crippen MR) is 61.3 cm³/mol. The highest BCUT2D eigenvalue weighted by Gasteiger charge is 2.40. The summed E-state index contributed by atoms with van der Waals surface area (Å²) in [4.78, 5) is 12.0. The summed E-state index contributed by atoms with van der Waals surface area (Å²) in [6, 6.07) is 5.38. The molecule has 1 aliphatic carbocycles. The van der Waals surface area contributed by atoms with Gasteiger partial charge in [-0.1, -0.05) is 23.7 Å². The lowest BCUT2D eigenvalue weighted by molar-refractivity contribution is 0.0801.